The van der Waals surface area contributed by atoms with Gasteiger partial charge in [-0.3, -0.25) is 4.79 Å². The van der Waals surface area contributed by atoms with Crippen molar-refractivity contribution in [2.45, 2.75) is 92.1 Å². The van der Waals surface area contributed by atoms with Crippen LogP contribution in [-0.4, -0.2) is 44.0 Å². The largest absolute Gasteiger partial charge is 0.376 e. The van der Waals surface area contributed by atoms with Crippen LogP contribution in [0.5, 0.6) is 0 Å². The minimum atomic E-state index is -0.349. The average Bonchev–Trinajstić information content (AvgIpc) is 2.58. The van der Waals surface area contributed by atoms with Gasteiger partial charge in [-0.25, -0.2) is 0 Å². The molecule has 0 saturated heterocycles. The molecular weight excluding hydrogens is 340 g/mol. The molecule has 160 valence electrons. The van der Waals surface area contributed by atoms with E-state index in [1.807, 2.05) is 27.7 Å². The fourth-order valence-electron chi connectivity index (χ4n) is 2.57. The van der Waals surface area contributed by atoms with Crippen molar-refractivity contribution in [1.82, 2.24) is 10.6 Å². The summed E-state index contributed by atoms with van der Waals surface area (Å²) >= 11 is 0. The molecule has 0 aliphatic heterocycles. The number of unbranched alkanes of at least 4 members (excludes halogenated alkanes) is 3. The second-order valence-electron chi connectivity index (χ2n) is 9.33. The molecule has 5 heteroatoms. The van der Waals surface area contributed by atoms with E-state index in [2.05, 4.69) is 24.5 Å². The summed E-state index contributed by atoms with van der Waals surface area (Å²) in [5.41, 5.74) is -0.697. The molecule has 27 heavy (non-hydrogen) atoms. The van der Waals surface area contributed by atoms with E-state index < -0.39 is 0 Å². The van der Waals surface area contributed by atoms with Gasteiger partial charge in [0.05, 0.1) is 5.60 Å². The van der Waals surface area contributed by atoms with Gasteiger partial charge in [-0.15, -0.1) is 0 Å². The lowest BCUT2D eigenvalue weighted by Crippen LogP contribution is -2.31. The summed E-state index contributed by atoms with van der Waals surface area (Å²) in [6.45, 7) is 15.7. The highest BCUT2D eigenvalue weighted by Crippen LogP contribution is 2.21. The molecule has 0 radical (unpaired) electrons. The molecule has 5 nitrogen and oxygen atoms in total. The van der Waals surface area contributed by atoms with E-state index in [-0.39, 0.29) is 16.9 Å². The van der Waals surface area contributed by atoms with Gasteiger partial charge in [0, 0.05) is 25.0 Å². The topological polar surface area (TPSA) is 67.4 Å². The van der Waals surface area contributed by atoms with Gasteiger partial charge in [0.15, 0.2) is 0 Å². The van der Waals surface area contributed by atoms with Crippen molar-refractivity contribution in [3.63, 3.8) is 0 Å². The van der Waals surface area contributed by atoms with Crippen molar-refractivity contribution < 1.29 is 14.3 Å². The second-order valence-corrected chi connectivity index (χ2v) is 9.33. The normalized spacial score (nSPS) is 12.4. The van der Waals surface area contributed by atoms with Crippen molar-refractivity contribution in [3.05, 3.63) is 0 Å². The van der Waals surface area contributed by atoms with Crippen LogP contribution in [0.3, 0.4) is 0 Å². The van der Waals surface area contributed by atoms with Crippen LogP contribution in [0, 0.1) is 11.3 Å². The maximum atomic E-state index is 12.0. The summed E-state index contributed by atoms with van der Waals surface area (Å²) in [4.78, 5) is 22.9. The third-order valence-electron chi connectivity index (χ3n) is 4.67. The van der Waals surface area contributed by atoms with Crippen molar-refractivity contribution in [3.8, 4) is 0 Å². The van der Waals surface area contributed by atoms with E-state index in [9.17, 15) is 9.59 Å². The zero-order chi connectivity index (χ0) is 20.8. The van der Waals surface area contributed by atoms with E-state index in [0.29, 0.717) is 31.8 Å². The Kier molecular flexibility index (Phi) is 13.6. The molecule has 0 aliphatic carbocycles. The molecule has 0 unspecified atom stereocenters. The first-order valence-electron chi connectivity index (χ1n) is 10.7. The summed E-state index contributed by atoms with van der Waals surface area (Å²) in [5.74, 6) is 0.803. The molecule has 0 heterocycles. The van der Waals surface area contributed by atoms with Crippen LogP contribution in [0.2, 0.25) is 0 Å². The Labute approximate surface area is 167 Å². The number of rotatable bonds is 17. The first kappa shape index (κ1) is 26.1. The summed E-state index contributed by atoms with van der Waals surface area (Å²) in [5, 5.41) is 6.46. The van der Waals surface area contributed by atoms with Gasteiger partial charge in [-0.1, -0.05) is 40.5 Å². The predicted molar refractivity (Wildman–Crippen MR) is 113 cm³/mol. The molecule has 0 saturated carbocycles. The second kappa shape index (κ2) is 14.1. The van der Waals surface area contributed by atoms with E-state index in [1.165, 1.54) is 12.8 Å². The minimum absolute atomic E-state index is 0.0958. The van der Waals surface area contributed by atoms with Crippen LogP contribution in [0.25, 0.3) is 0 Å². The quantitative estimate of drug-likeness (QED) is 0.293. The average molecular weight is 385 g/mol. The van der Waals surface area contributed by atoms with Gasteiger partial charge < -0.3 is 20.2 Å². The number of carbonyl (C=O) groups is 2. The van der Waals surface area contributed by atoms with E-state index in [1.54, 1.807) is 0 Å². The predicted octanol–water partition coefficient (Wildman–Crippen LogP) is 4.10. The molecule has 0 aromatic heterocycles. The molecule has 0 bridgehead atoms. The van der Waals surface area contributed by atoms with Crippen molar-refractivity contribution >= 4 is 12.2 Å². The zero-order valence-corrected chi connectivity index (χ0v) is 18.7. The number of hydrogen-bond donors (Lipinski definition) is 2. The summed E-state index contributed by atoms with van der Waals surface area (Å²) in [6.07, 6.45) is 7.43. The smallest absolute Gasteiger partial charge is 0.220 e. The number of ether oxygens (including phenoxy) is 1. The molecule has 0 aliphatic rings. The van der Waals surface area contributed by atoms with Gasteiger partial charge >= 0.3 is 0 Å². The van der Waals surface area contributed by atoms with Crippen LogP contribution in [-0.2, 0) is 14.3 Å². The molecule has 0 fully saturated rings. The molecule has 0 spiro atoms. The van der Waals surface area contributed by atoms with Gasteiger partial charge in [-0.2, -0.15) is 0 Å². The Morgan fingerprint density at radius 2 is 1.63 bits per heavy atom. The van der Waals surface area contributed by atoms with E-state index in [4.69, 9.17) is 4.74 Å². The number of nitrogens with one attached hydrogen (secondary N) is 2. The Morgan fingerprint density at radius 1 is 1.00 bits per heavy atom. The third kappa shape index (κ3) is 16.9. The Bertz CT molecular complexity index is 406. The molecule has 2 N–H and O–H groups in total. The monoisotopic (exact) mass is 384 g/mol. The van der Waals surface area contributed by atoms with Crippen LogP contribution in [0.1, 0.15) is 86.5 Å². The fourth-order valence-corrected chi connectivity index (χ4v) is 2.57. The number of amides is 1. The molecule has 1 amide bonds. The highest BCUT2D eigenvalue weighted by molar-refractivity contribution is 5.75. The number of aldehydes is 1. The van der Waals surface area contributed by atoms with Crippen LogP contribution >= 0.6 is 0 Å². The summed E-state index contributed by atoms with van der Waals surface area (Å²) in [6, 6.07) is 0. The van der Waals surface area contributed by atoms with Gasteiger partial charge in [0.1, 0.15) is 6.29 Å². The van der Waals surface area contributed by atoms with Crippen molar-refractivity contribution in [1.29, 1.82) is 0 Å². The molecule has 0 aromatic rings. The third-order valence-corrected chi connectivity index (χ3v) is 4.67. The van der Waals surface area contributed by atoms with Crippen LogP contribution < -0.4 is 10.6 Å². The van der Waals surface area contributed by atoms with E-state index in [0.717, 1.165) is 38.8 Å². The summed E-state index contributed by atoms with van der Waals surface area (Å²) in [7, 11) is 0. The number of carbonyl (C=O) groups excluding carboxylic acids is 2. The number of hydrogen-bond acceptors (Lipinski definition) is 4. The van der Waals surface area contributed by atoms with Gasteiger partial charge in [-0.05, 0) is 58.5 Å². The van der Waals surface area contributed by atoms with Gasteiger partial charge in [0.2, 0.25) is 5.91 Å². The molecule has 0 atom stereocenters. The Balaban J connectivity index is 3.65. The summed E-state index contributed by atoms with van der Waals surface area (Å²) < 4.78 is 5.88. The van der Waals surface area contributed by atoms with Gasteiger partial charge in [0.25, 0.3) is 0 Å². The highest BCUT2D eigenvalue weighted by atomic mass is 16.5. The lowest BCUT2D eigenvalue weighted by atomic mass is 9.92. The Hall–Kier alpha value is -0.940. The van der Waals surface area contributed by atoms with Crippen LogP contribution in [0.4, 0.5) is 0 Å². The Morgan fingerprint density at radius 3 is 2.22 bits per heavy atom. The van der Waals surface area contributed by atoms with Crippen LogP contribution in [0.15, 0.2) is 0 Å². The highest BCUT2D eigenvalue weighted by Gasteiger charge is 2.22. The molecule has 0 rings (SSSR count). The molecule has 0 aromatic carbocycles. The molecular formula is C22H44N2O3. The zero-order valence-electron chi connectivity index (χ0n) is 18.7. The SMILES string of the molecule is CC(C)CNCCCCCCNC(=O)CCC(C)(C)OCCC(C)(C)C=O. The van der Waals surface area contributed by atoms with E-state index >= 15 is 0 Å². The van der Waals surface area contributed by atoms with Crippen molar-refractivity contribution in [2.24, 2.45) is 11.3 Å². The lowest BCUT2D eigenvalue weighted by molar-refractivity contribution is -0.123. The lowest BCUT2D eigenvalue weighted by Gasteiger charge is -2.27. The maximum absolute atomic E-state index is 12.0. The standard InChI is InChI=1S/C22H44N2O3/c1-19(2)17-23-14-9-7-8-10-15-24-20(26)11-12-22(5,6)27-16-13-21(3,4)18-25/h18-19,23H,7-17H2,1-6H3,(H,24,26). The fraction of sp³-hybridized carbons (Fsp3) is 0.909. The first-order chi connectivity index (χ1) is 12.6. The first-order valence-corrected chi connectivity index (χ1v) is 10.7. The maximum Gasteiger partial charge on any atom is 0.220 e. The minimum Gasteiger partial charge on any atom is -0.376 e. The van der Waals surface area contributed by atoms with Crippen molar-refractivity contribution in [2.75, 3.05) is 26.2 Å².